The number of hydrogen-bond donors (Lipinski definition) is 1. The van der Waals surface area contributed by atoms with E-state index in [1.165, 1.54) is 19.1 Å². The van der Waals surface area contributed by atoms with E-state index in [1.54, 1.807) is 43.5 Å². The van der Waals surface area contributed by atoms with Gasteiger partial charge in [0.2, 0.25) is 0 Å². The van der Waals surface area contributed by atoms with Gasteiger partial charge in [-0.25, -0.2) is 0 Å². The molecule has 0 spiro atoms. The van der Waals surface area contributed by atoms with Crippen molar-refractivity contribution in [3.05, 3.63) is 54.1 Å². The number of benzene rings is 2. The van der Waals surface area contributed by atoms with Crippen LogP contribution in [0.3, 0.4) is 0 Å². The summed E-state index contributed by atoms with van der Waals surface area (Å²) in [5.74, 6) is 1.36. The summed E-state index contributed by atoms with van der Waals surface area (Å²) in [7, 11) is -2.33. The van der Waals surface area contributed by atoms with Crippen molar-refractivity contribution in [1.82, 2.24) is 0 Å². The third kappa shape index (κ3) is 6.01. The lowest BCUT2D eigenvalue weighted by molar-refractivity contribution is -0.00334. The van der Waals surface area contributed by atoms with E-state index in [0.717, 1.165) is 11.3 Å². The molecular weight excluding hydrogens is 356 g/mol. The van der Waals surface area contributed by atoms with Crippen LogP contribution >= 0.6 is 0 Å². The second-order valence-corrected chi connectivity index (χ2v) is 7.92. The van der Waals surface area contributed by atoms with Crippen LogP contribution < -0.4 is 9.47 Å². The van der Waals surface area contributed by atoms with Crippen LogP contribution in [0.5, 0.6) is 11.5 Å². The van der Waals surface area contributed by atoms with Crippen molar-refractivity contribution in [2.75, 3.05) is 20.3 Å². The molecule has 2 aromatic carbocycles. The van der Waals surface area contributed by atoms with Crippen molar-refractivity contribution in [1.29, 1.82) is 0 Å². The van der Waals surface area contributed by atoms with Crippen LogP contribution in [0.1, 0.15) is 18.9 Å². The molecule has 0 saturated carbocycles. The van der Waals surface area contributed by atoms with Crippen molar-refractivity contribution in [2.24, 2.45) is 0 Å². The lowest BCUT2D eigenvalue weighted by Gasteiger charge is -2.22. The number of hydrogen-bond acceptors (Lipinski definition) is 6. The minimum Gasteiger partial charge on any atom is -0.497 e. The highest BCUT2D eigenvalue weighted by molar-refractivity contribution is 7.86. The van der Waals surface area contributed by atoms with Crippen LogP contribution in [0.2, 0.25) is 0 Å². The first-order valence-electron chi connectivity index (χ1n) is 8.17. The maximum atomic E-state index is 12.2. The molecular formula is C19H24O6S. The number of aryl methyl sites for hydroxylation is 1. The first-order chi connectivity index (χ1) is 12.2. The summed E-state index contributed by atoms with van der Waals surface area (Å²) in [6.45, 7) is 3.24. The summed E-state index contributed by atoms with van der Waals surface area (Å²) in [6, 6.07) is 13.4. The molecule has 1 atom stereocenters. The van der Waals surface area contributed by atoms with Crippen molar-refractivity contribution < 1.29 is 27.2 Å². The number of ether oxygens (including phenoxy) is 2. The minimum absolute atomic E-state index is 0.0633. The van der Waals surface area contributed by atoms with E-state index in [9.17, 15) is 13.5 Å². The zero-order valence-corrected chi connectivity index (χ0v) is 16.0. The molecule has 0 amide bonds. The summed E-state index contributed by atoms with van der Waals surface area (Å²) in [4.78, 5) is 0.0633. The number of rotatable bonds is 9. The quantitative estimate of drug-likeness (QED) is 0.674. The molecule has 0 unspecified atom stereocenters. The van der Waals surface area contributed by atoms with Crippen LogP contribution in [-0.4, -0.2) is 39.4 Å². The van der Waals surface area contributed by atoms with E-state index in [4.69, 9.17) is 13.7 Å². The molecule has 0 fully saturated rings. The van der Waals surface area contributed by atoms with Gasteiger partial charge in [0.05, 0.1) is 30.8 Å². The average Bonchev–Trinajstić information content (AvgIpc) is 2.61. The largest absolute Gasteiger partial charge is 0.497 e. The smallest absolute Gasteiger partial charge is 0.297 e. The highest BCUT2D eigenvalue weighted by Gasteiger charge is 2.25. The Kier molecular flexibility index (Phi) is 6.63. The van der Waals surface area contributed by atoms with Crippen molar-refractivity contribution in [3.8, 4) is 11.5 Å². The van der Waals surface area contributed by atoms with Gasteiger partial charge in [0.1, 0.15) is 11.5 Å². The lowest BCUT2D eigenvalue weighted by atomic mass is 10.1. The third-order valence-corrected chi connectivity index (χ3v) is 5.08. The predicted molar refractivity (Wildman–Crippen MR) is 98.0 cm³/mol. The molecule has 0 aromatic heterocycles. The lowest BCUT2D eigenvalue weighted by Crippen LogP contribution is -2.33. The van der Waals surface area contributed by atoms with Gasteiger partial charge in [-0.1, -0.05) is 17.7 Å². The Morgan fingerprint density at radius 1 is 1.00 bits per heavy atom. The topological polar surface area (TPSA) is 82.1 Å². The van der Waals surface area contributed by atoms with Crippen LogP contribution in [-0.2, 0) is 14.3 Å². The SMILES string of the molecule is COc1ccc(OCC[C@](C)(O)COS(=O)(=O)c2ccc(C)cc2)cc1. The molecule has 7 heteroatoms. The average molecular weight is 380 g/mol. The molecule has 2 aromatic rings. The zero-order valence-electron chi connectivity index (χ0n) is 15.1. The fourth-order valence-corrected chi connectivity index (χ4v) is 3.12. The fraction of sp³-hybridized carbons (Fsp3) is 0.368. The highest BCUT2D eigenvalue weighted by Crippen LogP contribution is 2.20. The molecule has 6 nitrogen and oxygen atoms in total. The second kappa shape index (κ2) is 8.53. The number of methoxy groups -OCH3 is 1. The van der Waals surface area contributed by atoms with Crippen LogP contribution in [0.25, 0.3) is 0 Å². The van der Waals surface area contributed by atoms with E-state index in [0.29, 0.717) is 5.75 Å². The first-order valence-corrected chi connectivity index (χ1v) is 9.58. The van der Waals surface area contributed by atoms with Gasteiger partial charge in [-0.3, -0.25) is 4.18 Å². The van der Waals surface area contributed by atoms with Gasteiger partial charge in [-0.05, 0) is 50.2 Å². The maximum absolute atomic E-state index is 12.2. The second-order valence-electron chi connectivity index (χ2n) is 6.30. The predicted octanol–water partition coefficient (Wildman–Crippen LogP) is 2.93. The molecule has 2 rings (SSSR count). The molecule has 0 radical (unpaired) electrons. The van der Waals surface area contributed by atoms with Crippen LogP contribution in [0, 0.1) is 6.92 Å². The van der Waals surface area contributed by atoms with Gasteiger partial charge in [-0.15, -0.1) is 0 Å². The van der Waals surface area contributed by atoms with Gasteiger partial charge >= 0.3 is 0 Å². The minimum atomic E-state index is -3.91. The monoisotopic (exact) mass is 380 g/mol. The molecule has 26 heavy (non-hydrogen) atoms. The van der Waals surface area contributed by atoms with E-state index < -0.39 is 15.7 Å². The Morgan fingerprint density at radius 2 is 1.58 bits per heavy atom. The molecule has 0 bridgehead atoms. The van der Waals surface area contributed by atoms with Crippen molar-refractivity contribution in [2.45, 2.75) is 30.8 Å². The van der Waals surface area contributed by atoms with Gasteiger partial charge in [0, 0.05) is 6.42 Å². The molecule has 0 aliphatic heterocycles. The molecule has 1 N–H and O–H groups in total. The summed E-state index contributed by atoms with van der Waals surface area (Å²) >= 11 is 0. The summed E-state index contributed by atoms with van der Waals surface area (Å²) in [5.41, 5.74) is -0.392. The van der Waals surface area contributed by atoms with Crippen LogP contribution in [0.4, 0.5) is 0 Å². The zero-order chi connectivity index (χ0) is 19.2. The summed E-state index contributed by atoms with van der Waals surface area (Å²) in [6.07, 6.45) is 0.211. The van der Waals surface area contributed by atoms with E-state index in [1.807, 2.05) is 6.92 Å². The van der Waals surface area contributed by atoms with E-state index in [-0.39, 0.29) is 24.5 Å². The van der Waals surface area contributed by atoms with E-state index in [2.05, 4.69) is 0 Å². The van der Waals surface area contributed by atoms with Gasteiger partial charge < -0.3 is 14.6 Å². The van der Waals surface area contributed by atoms with E-state index >= 15 is 0 Å². The Bertz CT molecular complexity index is 795. The Balaban J connectivity index is 1.84. The highest BCUT2D eigenvalue weighted by atomic mass is 32.2. The molecule has 0 saturated heterocycles. The van der Waals surface area contributed by atoms with Crippen molar-refractivity contribution >= 4 is 10.1 Å². The molecule has 142 valence electrons. The Labute approximate surface area is 154 Å². The molecule has 0 aliphatic carbocycles. The van der Waals surface area contributed by atoms with Crippen LogP contribution in [0.15, 0.2) is 53.4 Å². The first kappa shape index (κ1) is 20.2. The Hall–Kier alpha value is -2.09. The van der Waals surface area contributed by atoms with Crippen molar-refractivity contribution in [3.63, 3.8) is 0 Å². The van der Waals surface area contributed by atoms with Gasteiger partial charge in [0.25, 0.3) is 10.1 Å². The third-order valence-electron chi connectivity index (χ3n) is 3.80. The molecule has 0 heterocycles. The van der Waals surface area contributed by atoms with Gasteiger partial charge in [0.15, 0.2) is 0 Å². The fourth-order valence-electron chi connectivity index (χ4n) is 2.11. The summed E-state index contributed by atoms with van der Waals surface area (Å²) in [5, 5.41) is 10.3. The van der Waals surface area contributed by atoms with Gasteiger partial charge in [-0.2, -0.15) is 8.42 Å². The number of aliphatic hydroxyl groups is 1. The summed E-state index contributed by atoms with van der Waals surface area (Å²) < 4.78 is 40.0. The standard InChI is InChI=1S/C19H24O6S/c1-15-4-10-18(11-5-15)26(21,22)25-14-19(2,20)12-13-24-17-8-6-16(23-3)7-9-17/h4-11,20H,12-14H2,1-3H3/t19-/m0/s1. The maximum Gasteiger partial charge on any atom is 0.297 e. The normalized spacial score (nSPS) is 13.8. The molecule has 0 aliphatic rings. The Morgan fingerprint density at radius 3 is 2.15 bits per heavy atom.